The van der Waals surface area contributed by atoms with Gasteiger partial charge in [0.15, 0.2) is 0 Å². The summed E-state index contributed by atoms with van der Waals surface area (Å²) >= 11 is 0. The molecule has 1 aromatic carbocycles. The topological polar surface area (TPSA) is 24.5 Å². The molecule has 0 bridgehead atoms. The highest BCUT2D eigenvalue weighted by molar-refractivity contribution is 5.48. The predicted octanol–water partition coefficient (Wildman–Crippen LogP) is 3.30. The zero-order chi connectivity index (χ0) is 14.4. The second-order valence-corrected chi connectivity index (χ2v) is 5.79. The van der Waals surface area contributed by atoms with Crippen LogP contribution in [0.1, 0.15) is 32.6 Å². The van der Waals surface area contributed by atoms with E-state index in [0.29, 0.717) is 6.04 Å². The first kappa shape index (κ1) is 15.2. The number of hydrogen-bond acceptors (Lipinski definition) is 3. The van der Waals surface area contributed by atoms with E-state index in [0.717, 1.165) is 24.8 Å². The highest BCUT2D eigenvalue weighted by Gasteiger charge is 2.25. The van der Waals surface area contributed by atoms with Gasteiger partial charge in [-0.05, 0) is 49.6 Å². The zero-order valence-electron chi connectivity index (χ0n) is 13.1. The third-order valence-electron chi connectivity index (χ3n) is 4.40. The van der Waals surface area contributed by atoms with Crippen LogP contribution in [0.4, 0.5) is 5.69 Å². The minimum absolute atomic E-state index is 0.689. The lowest BCUT2D eigenvalue weighted by atomic mass is 9.84. The molecule has 1 N–H and O–H groups in total. The molecule has 2 unspecified atom stereocenters. The number of nitrogens with zero attached hydrogens (tertiary/aromatic N) is 1. The van der Waals surface area contributed by atoms with Crippen molar-refractivity contribution < 1.29 is 4.74 Å². The third-order valence-corrected chi connectivity index (χ3v) is 4.40. The van der Waals surface area contributed by atoms with Crippen LogP contribution in [0.2, 0.25) is 0 Å². The SMILES string of the molecule is CCNC1CCCCC1CN(C)c1ccc(OC)cc1. The smallest absolute Gasteiger partial charge is 0.119 e. The largest absolute Gasteiger partial charge is 0.497 e. The standard InChI is InChI=1S/C17H28N2O/c1-4-18-17-8-6-5-7-14(17)13-19(2)15-9-11-16(20-3)12-10-15/h9-12,14,17-18H,4-8,13H2,1-3H3. The molecule has 0 amide bonds. The number of hydrogen-bond donors (Lipinski definition) is 1. The van der Waals surface area contributed by atoms with Gasteiger partial charge in [0.25, 0.3) is 0 Å². The summed E-state index contributed by atoms with van der Waals surface area (Å²) in [6.45, 7) is 4.41. The lowest BCUT2D eigenvalue weighted by molar-refractivity contribution is 0.269. The Kier molecular flexibility index (Phi) is 5.72. The number of benzene rings is 1. The molecule has 1 aliphatic rings. The first-order chi connectivity index (χ1) is 9.74. The van der Waals surface area contributed by atoms with Crippen LogP contribution in [-0.4, -0.2) is 33.3 Å². The molecule has 20 heavy (non-hydrogen) atoms. The van der Waals surface area contributed by atoms with Crippen molar-refractivity contribution in [2.75, 3.05) is 32.1 Å². The van der Waals surface area contributed by atoms with Gasteiger partial charge < -0.3 is 15.0 Å². The molecular formula is C17H28N2O. The molecule has 0 aliphatic heterocycles. The van der Waals surface area contributed by atoms with Gasteiger partial charge in [-0.15, -0.1) is 0 Å². The van der Waals surface area contributed by atoms with E-state index in [1.807, 2.05) is 12.1 Å². The van der Waals surface area contributed by atoms with Gasteiger partial charge in [0.1, 0.15) is 5.75 Å². The van der Waals surface area contributed by atoms with Gasteiger partial charge in [-0.25, -0.2) is 0 Å². The van der Waals surface area contributed by atoms with Gasteiger partial charge in [0.05, 0.1) is 7.11 Å². The van der Waals surface area contributed by atoms with Crippen LogP contribution in [0.5, 0.6) is 5.75 Å². The maximum atomic E-state index is 5.22. The molecular weight excluding hydrogens is 248 g/mol. The summed E-state index contributed by atoms with van der Waals surface area (Å²) in [4.78, 5) is 2.37. The Morgan fingerprint density at radius 3 is 2.55 bits per heavy atom. The van der Waals surface area contributed by atoms with Crippen molar-refractivity contribution in [3.8, 4) is 5.75 Å². The molecule has 1 aromatic rings. The van der Waals surface area contributed by atoms with Gasteiger partial charge in [0, 0.05) is 25.3 Å². The Hall–Kier alpha value is -1.22. The molecule has 0 spiro atoms. The fraction of sp³-hybridized carbons (Fsp3) is 0.647. The van der Waals surface area contributed by atoms with E-state index in [1.165, 1.54) is 31.4 Å². The van der Waals surface area contributed by atoms with E-state index in [4.69, 9.17) is 4.74 Å². The van der Waals surface area contributed by atoms with Crippen molar-refractivity contribution in [1.29, 1.82) is 0 Å². The molecule has 0 aromatic heterocycles. The molecule has 0 saturated heterocycles. The van der Waals surface area contributed by atoms with Gasteiger partial charge in [-0.3, -0.25) is 0 Å². The number of ether oxygens (including phenoxy) is 1. The number of methoxy groups -OCH3 is 1. The zero-order valence-corrected chi connectivity index (χ0v) is 13.1. The molecule has 1 fully saturated rings. The second-order valence-electron chi connectivity index (χ2n) is 5.79. The van der Waals surface area contributed by atoms with Crippen LogP contribution in [0.15, 0.2) is 24.3 Å². The van der Waals surface area contributed by atoms with Crippen molar-refractivity contribution in [2.45, 2.75) is 38.6 Å². The van der Waals surface area contributed by atoms with Crippen LogP contribution >= 0.6 is 0 Å². The van der Waals surface area contributed by atoms with Crippen LogP contribution in [0.3, 0.4) is 0 Å². The molecule has 0 radical (unpaired) electrons. The lowest BCUT2D eigenvalue weighted by Gasteiger charge is -2.35. The highest BCUT2D eigenvalue weighted by Crippen LogP contribution is 2.27. The highest BCUT2D eigenvalue weighted by atomic mass is 16.5. The van der Waals surface area contributed by atoms with Gasteiger partial charge in [-0.2, -0.15) is 0 Å². The molecule has 0 heterocycles. The predicted molar refractivity (Wildman–Crippen MR) is 85.7 cm³/mol. The monoisotopic (exact) mass is 276 g/mol. The summed E-state index contributed by atoms with van der Waals surface area (Å²) in [5, 5.41) is 3.66. The van der Waals surface area contributed by atoms with E-state index in [1.54, 1.807) is 7.11 Å². The summed E-state index contributed by atoms with van der Waals surface area (Å²) in [5.74, 6) is 1.68. The Labute approximate surface area is 123 Å². The van der Waals surface area contributed by atoms with E-state index in [9.17, 15) is 0 Å². The third kappa shape index (κ3) is 3.89. The van der Waals surface area contributed by atoms with E-state index < -0.39 is 0 Å². The summed E-state index contributed by atoms with van der Waals surface area (Å²) in [6, 6.07) is 9.05. The van der Waals surface area contributed by atoms with Gasteiger partial charge >= 0.3 is 0 Å². The van der Waals surface area contributed by atoms with E-state index in [2.05, 4.69) is 36.3 Å². The van der Waals surface area contributed by atoms with E-state index in [-0.39, 0.29) is 0 Å². The quantitative estimate of drug-likeness (QED) is 0.863. The van der Waals surface area contributed by atoms with Crippen LogP contribution in [-0.2, 0) is 0 Å². The first-order valence-corrected chi connectivity index (χ1v) is 7.83. The summed E-state index contributed by atoms with van der Waals surface area (Å²) in [5.41, 5.74) is 1.27. The van der Waals surface area contributed by atoms with Crippen molar-refractivity contribution in [3.05, 3.63) is 24.3 Å². The molecule has 112 valence electrons. The molecule has 3 heteroatoms. The van der Waals surface area contributed by atoms with E-state index >= 15 is 0 Å². The van der Waals surface area contributed by atoms with Gasteiger partial charge in [0.2, 0.25) is 0 Å². The molecule has 3 nitrogen and oxygen atoms in total. The molecule has 1 saturated carbocycles. The summed E-state index contributed by atoms with van der Waals surface area (Å²) in [6.07, 6.45) is 5.43. The lowest BCUT2D eigenvalue weighted by Crippen LogP contribution is -2.43. The number of rotatable bonds is 6. The summed E-state index contributed by atoms with van der Waals surface area (Å²) < 4.78 is 5.22. The maximum absolute atomic E-state index is 5.22. The average molecular weight is 276 g/mol. The van der Waals surface area contributed by atoms with Crippen molar-refractivity contribution in [3.63, 3.8) is 0 Å². The fourth-order valence-electron chi connectivity index (χ4n) is 3.25. The van der Waals surface area contributed by atoms with Crippen LogP contribution in [0.25, 0.3) is 0 Å². The van der Waals surface area contributed by atoms with Crippen LogP contribution in [0, 0.1) is 5.92 Å². The first-order valence-electron chi connectivity index (χ1n) is 7.83. The average Bonchev–Trinajstić information content (AvgIpc) is 2.49. The minimum atomic E-state index is 0.689. The Morgan fingerprint density at radius 1 is 1.20 bits per heavy atom. The van der Waals surface area contributed by atoms with Crippen LogP contribution < -0.4 is 15.0 Å². The van der Waals surface area contributed by atoms with Crippen molar-refractivity contribution in [1.82, 2.24) is 5.32 Å². The maximum Gasteiger partial charge on any atom is 0.119 e. The Morgan fingerprint density at radius 2 is 1.90 bits per heavy atom. The normalized spacial score (nSPS) is 22.6. The summed E-state index contributed by atoms with van der Waals surface area (Å²) in [7, 11) is 3.90. The van der Waals surface area contributed by atoms with Crippen molar-refractivity contribution in [2.24, 2.45) is 5.92 Å². The molecule has 2 atom stereocenters. The second kappa shape index (κ2) is 7.53. The minimum Gasteiger partial charge on any atom is -0.497 e. The molecule has 2 rings (SSSR count). The van der Waals surface area contributed by atoms with Crippen molar-refractivity contribution >= 4 is 5.69 Å². The Balaban J connectivity index is 1.95. The number of nitrogens with one attached hydrogen (secondary N) is 1. The Bertz CT molecular complexity index is 388. The number of anilines is 1. The molecule has 1 aliphatic carbocycles. The fourth-order valence-corrected chi connectivity index (χ4v) is 3.25. The van der Waals surface area contributed by atoms with Gasteiger partial charge in [-0.1, -0.05) is 19.8 Å².